The average Bonchev–Trinajstić information content (AvgIpc) is 2.91. The minimum atomic E-state index is -2.66. The maximum absolute atomic E-state index is 13.7. The molecule has 1 saturated heterocycles. The third-order valence-corrected chi connectivity index (χ3v) is 6.43. The van der Waals surface area contributed by atoms with Crippen LogP contribution in [0.5, 0.6) is 0 Å². The number of carbonyl (C=O) groups is 4. The molecule has 0 saturated carbocycles. The minimum Gasteiger partial charge on any atom is -0.322 e. The van der Waals surface area contributed by atoms with Crippen molar-refractivity contribution in [3.05, 3.63) is 58.6 Å². The number of anilines is 2. The highest BCUT2D eigenvalue weighted by atomic mass is 35.5. The van der Waals surface area contributed by atoms with Crippen molar-refractivity contribution in [2.45, 2.75) is 45.2 Å². The highest BCUT2D eigenvalue weighted by Gasteiger charge is 2.65. The van der Waals surface area contributed by atoms with Crippen molar-refractivity contribution in [3.63, 3.8) is 0 Å². The van der Waals surface area contributed by atoms with Crippen LogP contribution in [0.2, 0.25) is 10.0 Å². The summed E-state index contributed by atoms with van der Waals surface area (Å²) in [5, 5.41) is 3.30. The zero-order valence-electron chi connectivity index (χ0n) is 19.3. The van der Waals surface area contributed by atoms with Crippen LogP contribution >= 0.6 is 34.8 Å². The van der Waals surface area contributed by atoms with Crippen LogP contribution in [0.15, 0.2) is 48.5 Å². The number of hydrogen-bond donors (Lipinski definition) is 1. The van der Waals surface area contributed by atoms with E-state index < -0.39 is 39.6 Å². The summed E-state index contributed by atoms with van der Waals surface area (Å²) in [4.78, 5) is 53.4. The fourth-order valence-electron chi connectivity index (χ4n) is 3.67. The predicted molar refractivity (Wildman–Crippen MR) is 133 cm³/mol. The van der Waals surface area contributed by atoms with Gasteiger partial charge in [0, 0.05) is 26.8 Å². The van der Waals surface area contributed by atoms with E-state index >= 15 is 0 Å². The highest BCUT2D eigenvalue weighted by molar-refractivity contribution is 6.51. The predicted octanol–water partition coefficient (Wildman–Crippen LogP) is 5.73. The van der Waals surface area contributed by atoms with Gasteiger partial charge in [0.1, 0.15) is 5.54 Å². The Balaban J connectivity index is 2.14. The number of benzene rings is 2. The standard InChI is InChI=1S/C24H24Cl3N3O4/c1-22(2,3)18(31)24(27,19(32)28-16-8-6-7-15(26)13-16)30-20(33)23(4,5)29(21(30)34)17-11-9-14(25)10-12-17/h6-13H,1-5H3,(H,28,32). The van der Waals surface area contributed by atoms with Crippen molar-refractivity contribution >= 4 is 69.8 Å². The number of Topliss-reactive ketones (excluding diaryl/α,β-unsaturated/α-hetero) is 1. The molecule has 1 N–H and O–H groups in total. The molecule has 1 aliphatic rings. The van der Waals surface area contributed by atoms with E-state index in [0.717, 1.165) is 0 Å². The van der Waals surface area contributed by atoms with Crippen molar-refractivity contribution in [1.29, 1.82) is 0 Å². The fraction of sp³-hybridized carbons (Fsp3) is 0.333. The second kappa shape index (κ2) is 8.87. The molecule has 2 aromatic carbocycles. The number of halogens is 3. The van der Waals surface area contributed by atoms with Gasteiger partial charge in [0.05, 0.1) is 0 Å². The molecule has 0 spiro atoms. The van der Waals surface area contributed by atoms with Gasteiger partial charge in [0.15, 0.2) is 5.78 Å². The first-order valence-corrected chi connectivity index (χ1v) is 11.5. The molecule has 1 unspecified atom stereocenters. The molecule has 180 valence electrons. The minimum absolute atomic E-state index is 0.247. The number of rotatable bonds is 5. The topological polar surface area (TPSA) is 86.8 Å². The number of carbonyl (C=O) groups excluding carboxylic acids is 4. The summed E-state index contributed by atoms with van der Waals surface area (Å²) >= 11 is 18.7. The van der Waals surface area contributed by atoms with Gasteiger partial charge in [-0.3, -0.25) is 19.3 Å². The lowest BCUT2D eigenvalue weighted by Gasteiger charge is -2.36. The molecular weight excluding hydrogens is 501 g/mol. The van der Waals surface area contributed by atoms with Gasteiger partial charge in [-0.2, -0.15) is 0 Å². The van der Waals surface area contributed by atoms with Crippen LogP contribution < -0.4 is 10.2 Å². The lowest BCUT2D eigenvalue weighted by atomic mass is 9.84. The van der Waals surface area contributed by atoms with Crippen LogP contribution in [0.3, 0.4) is 0 Å². The highest BCUT2D eigenvalue weighted by Crippen LogP contribution is 2.42. The molecule has 1 fully saturated rings. The molecule has 0 aromatic heterocycles. The lowest BCUT2D eigenvalue weighted by molar-refractivity contribution is -0.147. The Labute approximate surface area is 212 Å². The van der Waals surface area contributed by atoms with E-state index in [4.69, 9.17) is 34.8 Å². The summed E-state index contributed by atoms with van der Waals surface area (Å²) in [6.07, 6.45) is 0. The van der Waals surface area contributed by atoms with Crippen LogP contribution in [-0.4, -0.2) is 39.1 Å². The van der Waals surface area contributed by atoms with Crippen LogP contribution in [-0.2, 0) is 14.4 Å². The quantitative estimate of drug-likeness (QED) is 0.234. The molecule has 1 heterocycles. The van der Waals surface area contributed by atoms with Gasteiger partial charge in [0.25, 0.3) is 16.8 Å². The third-order valence-electron chi connectivity index (χ3n) is 5.43. The molecule has 1 aliphatic heterocycles. The number of nitrogens with one attached hydrogen (secondary N) is 1. The summed E-state index contributed by atoms with van der Waals surface area (Å²) in [6, 6.07) is 11.5. The number of nitrogens with zero attached hydrogens (tertiary/aromatic N) is 2. The SMILES string of the molecule is CC(C)(C)C(=O)C(Cl)(C(=O)Nc1cccc(Cl)c1)N1C(=O)N(c2ccc(Cl)cc2)C(C)(C)C1=O. The van der Waals surface area contributed by atoms with E-state index in [-0.39, 0.29) is 5.69 Å². The van der Waals surface area contributed by atoms with E-state index in [1.165, 1.54) is 24.8 Å². The first-order chi connectivity index (χ1) is 15.6. The Morgan fingerprint density at radius 2 is 1.53 bits per heavy atom. The van der Waals surface area contributed by atoms with Gasteiger partial charge >= 0.3 is 6.03 Å². The molecule has 0 aliphatic carbocycles. The van der Waals surface area contributed by atoms with Gasteiger partial charge in [0.2, 0.25) is 0 Å². The zero-order valence-corrected chi connectivity index (χ0v) is 21.5. The number of ketones is 1. The number of hydrogen-bond acceptors (Lipinski definition) is 4. The maximum atomic E-state index is 13.7. The third kappa shape index (κ3) is 4.40. The van der Waals surface area contributed by atoms with E-state index in [2.05, 4.69) is 5.32 Å². The van der Waals surface area contributed by atoms with Crippen molar-refractivity contribution in [2.24, 2.45) is 5.41 Å². The van der Waals surface area contributed by atoms with Crippen molar-refractivity contribution < 1.29 is 19.2 Å². The van der Waals surface area contributed by atoms with Crippen molar-refractivity contribution in [3.8, 4) is 0 Å². The Morgan fingerprint density at radius 1 is 0.941 bits per heavy atom. The van der Waals surface area contributed by atoms with Crippen LogP contribution in [0.1, 0.15) is 34.6 Å². The molecule has 7 nitrogen and oxygen atoms in total. The van der Waals surface area contributed by atoms with E-state index in [9.17, 15) is 19.2 Å². The summed E-state index contributed by atoms with van der Waals surface area (Å²) in [6.45, 7) is 7.66. The summed E-state index contributed by atoms with van der Waals surface area (Å²) < 4.78 is 0. The Bertz CT molecular complexity index is 1170. The van der Waals surface area contributed by atoms with Crippen LogP contribution in [0, 0.1) is 5.41 Å². The van der Waals surface area contributed by atoms with Gasteiger partial charge in [-0.05, 0) is 56.3 Å². The van der Waals surface area contributed by atoms with Gasteiger partial charge in [-0.1, -0.05) is 61.6 Å². The molecule has 34 heavy (non-hydrogen) atoms. The first-order valence-electron chi connectivity index (χ1n) is 10.4. The molecule has 1 atom stereocenters. The Morgan fingerprint density at radius 3 is 2.06 bits per heavy atom. The second-order valence-corrected chi connectivity index (χ2v) is 10.9. The smallest absolute Gasteiger partial charge is 0.322 e. The Kier molecular flexibility index (Phi) is 6.79. The number of urea groups is 1. The zero-order chi connectivity index (χ0) is 25.6. The second-order valence-electron chi connectivity index (χ2n) is 9.46. The van der Waals surface area contributed by atoms with Gasteiger partial charge in [-0.25, -0.2) is 9.69 Å². The first kappa shape index (κ1) is 26.0. The molecule has 3 rings (SSSR count). The van der Waals surface area contributed by atoms with E-state index in [1.54, 1.807) is 63.2 Å². The molecule has 4 amide bonds. The fourth-order valence-corrected chi connectivity index (χ4v) is 4.47. The molecular formula is C24H24Cl3N3O4. The molecule has 0 bridgehead atoms. The normalized spacial score (nSPS) is 17.5. The van der Waals surface area contributed by atoms with E-state index in [0.29, 0.717) is 20.6 Å². The van der Waals surface area contributed by atoms with Crippen LogP contribution in [0.4, 0.5) is 16.2 Å². The summed E-state index contributed by atoms with van der Waals surface area (Å²) in [5.41, 5.74) is -2.02. The number of alkyl halides is 1. The largest absolute Gasteiger partial charge is 0.334 e. The van der Waals surface area contributed by atoms with Crippen molar-refractivity contribution in [1.82, 2.24) is 4.90 Å². The monoisotopic (exact) mass is 523 g/mol. The molecule has 2 aromatic rings. The van der Waals surface area contributed by atoms with Crippen LogP contribution in [0.25, 0.3) is 0 Å². The molecule has 0 radical (unpaired) electrons. The Hall–Kier alpha value is -2.61. The number of imide groups is 1. The number of amides is 4. The summed E-state index contributed by atoms with van der Waals surface area (Å²) in [7, 11) is 0. The van der Waals surface area contributed by atoms with Crippen molar-refractivity contribution in [2.75, 3.05) is 10.2 Å². The maximum Gasteiger partial charge on any atom is 0.334 e. The molecule has 10 heteroatoms. The lowest BCUT2D eigenvalue weighted by Crippen LogP contribution is -2.63. The van der Waals surface area contributed by atoms with Gasteiger partial charge < -0.3 is 5.32 Å². The average molecular weight is 525 g/mol. The summed E-state index contributed by atoms with van der Waals surface area (Å²) in [5.74, 6) is -2.68. The van der Waals surface area contributed by atoms with Gasteiger partial charge in [-0.15, -0.1) is 0 Å². The van der Waals surface area contributed by atoms with E-state index in [1.807, 2.05) is 0 Å².